The third-order valence-corrected chi connectivity index (χ3v) is 6.00. The van der Waals surface area contributed by atoms with Gasteiger partial charge in [-0.15, -0.1) is 0 Å². The Bertz CT molecular complexity index is 1280. The first-order valence-electron chi connectivity index (χ1n) is 9.35. The third-order valence-electron chi connectivity index (χ3n) is 4.62. The minimum Gasteiger partial charge on any atom is -0.321 e. The minimum atomic E-state index is -4.74. The summed E-state index contributed by atoms with van der Waals surface area (Å²) < 4.78 is 79.2. The van der Waals surface area contributed by atoms with Crippen molar-refractivity contribution in [1.82, 2.24) is 0 Å². The number of sulfonamides is 1. The maximum Gasteiger partial charge on any atom is 0.418 e. The van der Waals surface area contributed by atoms with Gasteiger partial charge in [0.1, 0.15) is 5.82 Å². The lowest BCUT2D eigenvalue weighted by atomic mass is 10.1. The molecule has 0 saturated heterocycles. The lowest BCUT2D eigenvalue weighted by Crippen LogP contribution is -2.29. The number of nitrogens with one attached hydrogen (secondary N) is 1. The third kappa shape index (κ3) is 6.02. The van der Waals surface area contributed by atoms with Crippen molar-refractivity contribution in [3.8, 4) is 0 Å². The van der Waals surface area contributed by atoms with E-state index in [-0.39, 0.29) is 28.4 Å². The molecule has 1 amide bonds. The molecule has 0 heterocycles. The van der Waals surface area contributed by atoms with Crippen LogP contribution < -0.4 is 9.62 Å². The highest BCUT2D eigenvalue weighted by atomic mass is 35.5. The highest BCUT2D eigenvalue weighted by molar-refractivity contribution is 7.92. The normalized spacial score (nSPS) is 11.8. The molecule has 3 aromatic carbocycles. The molecule has 174 valence electrons. The van der Waals surface area contributed by atoms with Gasteiger partial charge in [-0.05, 0) is 48.5 Å². The number of halogens is 5. The number of benzene rings is 3. The molecule has 0 fully saturated rings. The van der Waals surface area contributed by atoms with E-state index in [1.54, 1.807) is 6.07 Å². The Morgan fingerprint density at radius 1 is 1.03 bits per heavy atom. The number of carbonyl (C=O) groups is 1. The van der Waals surface area contributed by atoms with E-state index in [2.05, 4.69) is 5.32 Å². The number of hydrogen-bond acceptors (Lipinski definition) is 3. The standard InChI is InChI=1S/C22H17ClF4N2O3S/c1-33(31,32)29(13-15-4-2-3-5-19(15)24)17-9-6-14(7-10-17)21(30)28-20-11-8-16(23)12-18(20)22(25,26)27/h2-12H,13H2,1H3,(H,28,30). The zero-order valence-corrected chi connectivity index (χ0v) is 18.6. The van der Waals surface area contributed by atoms with Crippen LogP contribution in [-0.4, -0.2) is 20.6 Å². The first-order valence-corrected chi connectivity index (χ1v) is 11.6. The molecule has 0 saturated carbocycles. The molecule has 11 heteroatoms. The summed E-state index contributed by atoms with van der Waals surface area (Å²) in [7, 11) is -3.81. The summed E-state index contributed by atoms with van der Waals surface area (Å²) in [5.74, 6) is -1.42. The van der Waals surface area contributed by atoms with Crippen molar-refractivity contribution in [2.75, 3.05) is 15.9 Å². The van der Waals surface area contributed by atoms with Gasteiger partial charge in [-0.3, -0.25) is 9.10 Å². The van der Waals surface area contributed by atoms with Gasteiger partial charge >= 0.3 is 6.18 Å². The molecular formula is C22H17ClF4N2O3S. The Kier molecular flexibility index (Phi) is 6.99. The van der Waals surface area contributed by atoms with E-state index >= 15 is 0 Å². The fourth-order valence-electron chi connectivity index (χ4n) is 3.01. The van der Waals surface area contributed by atoms with Crippen LogP contribution in [0.15, 0.2) is 66.7 Å². The van der Waals surface area contributed by atoms with Crippen molar-refractivity contribution in [3.63, 3.8) is 0 Å². The van der Waals surface area contributed by atoms with Gasteiger partial charge in [0.05, 0.1) is 29.7 Å². The van der Waals surface area contributed by atoms with Crippen molar-refractivity contribution in [1.29, 1.82) is 0 Å². The molecular weight excluding hydrogens is 484 g/mol. The molecule has 0 spiro atoms. The van der Waals surface area contributed by atoms with Gasteiger partial charge in [-0.25, -0.2) is 12.8 Å². The van der Waals surface area contributed by atoms with Crippen LogP contribution in [0.1, 0.15) is 21.5 Å². The van der Waals surface area contributed by atoms with E-state index in [9.17, 15) is 30.8 Å². The largest absolute Gasteiger partial charge is 0.418 e. The van der Waals surface area contributed by atoms with E-state index in [1.165, 1.54) is 48.5 Å². The lowest BCUT2D eigenvalue weighted by Gasteiger charge is -2.23. The second kappa shape index (κ2) is 9.40. The highest BCUT2D eigenvalue weighted by Gasteiger charge is 2.34. The molecule has 3 aromatic rings. The molecule has 0 aromatic heterocycles. The average Bonchev–Trinajstić information content (AvgIpc) is 2.73. The van der Waals surface area contributed by atoms with Crippen molar-refractivity contribution < 1.29 is 30.8 Å². The SMILES string of the molecule is CS(=O)(=O)N(Cc1ccccc1F)c1ccc(C(=O)Nc2ccc(Cl)cc2C(F)(F)F)cc1. The average molecular weight is 501 g/mol. The maximum atomic E-state index is 14.0. The molecule has 0 bridgehead atoms. The van der Waals surface area contributed by atoms with E-state index in [0.717, 1.165) is 16.6 Å². The minimum absolute atomic E-state index is 0.0128. The first kappa shape index (κ1) is 24.5. The summed E-state index contributed by atoms with van der Waals surface area (Å²) in [4.78, 5) is 12.5. The van der Waals surface area contributed by atoms with Gasteiger partial charge in [0.25, 0.3) is 5.91 Å². The van der Waals surface area contributed by atoms with Gasteiger partial charge in [0, 0.05) is 16.1 Å². The van der Waals surface area contributed by atoms with Crippen molar-refractivity contribution in [2.45, 2.75) is 12.7 Å². The van der Waals surface area contributed by atoms with Gasteiger partial charge < -0.3 is 5.32 Å². The van der Waals surface area contributed by atoms with E-state index < -0.39 is 39.2 Å². The number of nitrogens with zero attached hydrogens (tertiary/aromatic N) is 1. The van der Waals surface area contributed by atoms with Crippen molar-refractivity contribution in [3.05, 3.63) is 94.3 Å². The first-order chi connectivity index (χ1) is 15.4. The topological polar surface area (TPSA) is 66.5 Å². The lowest BCUT2D eigenvalue weighted by molar-refractivity contribution is -0.136. The molecule has 3 rings (SSSR count). The molecule has 5 nitrogen and oxygen atoms in total. The molecule has 0 radical (unpaired) electrons. The molecule has 0 atom stereocenters. The maximum absolute atomic E-state index is 14.0. The molecule has 0 aliphatic carbocycles. The fourth-order valence-corrected chi connectivity index (χ4v) is 4.07. The van der Waals surface area contributed by atoms with Crippen LogP contribution in [0.25, 0.3) is 0 Å². The number of anilines is 2. The quantitative estimate of drug-likeness (QED) is 0.440. The second-order valence-electron chi connectivity index (χ2n) is 7.05. The summed E-state index contributed by atoms with van der Waals surface area (Å²) >= 11 is 5.64. The Morgan fingerprint density at radius 3 is 2.24 bits per heavy atom. The van der Waals surface area contributed by atoms with Crippen LogP contribution in [0.4, 0.5) is 28.9 Å². The molecule has 0 unspecified atom stereocenters. The summed E-state index contributed by atoms with van der Waals surface area (Å²) in [6, 6.07) is 13.8. The number of carbonyl (C=O) groups excluding carboxylic acids is 1. The van der Waals surface area contributed by atoms with Crippen molar-refractivity contribution >= 4 is 38.9 Å². The van der Waals surface area contributed by atoms with Crippen LogP contribution in [0.2, 0.25) is 5.02 Å². The smallest absolute Gasteiger partial charge is 0.321 e. The van der Waals surface area contributed by atoms with E-state index in [1.807, 2.05) is 0 Å². The van der Waals surface area contributed by atoms with Gasteiger partial charge in [0.2, 0.25) is 10.0 Å². The zero-order valence-electron chi connectivity index (χ0n) is 17.0. The van der Waals surface area contributed by atoms with Crippen LogP contribution >= 0.6 is 11.6 Å². The molecule has 0 aliphatic rings. The Balaban J connectivity index is 1.86. The molecule has 0 aliphatic heterocycles. The number of rotatable bonds is 6. The van der Waals surface area contributed by atoms with Crippen LogP contribution in [0.5, 0.6) is 0 Å². The Labute approximate surface area is 192 Å². The van der Waals surface area contributed by atoms with Crippen molar-refractivity contribution in [2.24, 2.45) is 0 Å². The fraction of sp³-hybridized carbons (Fsp3) is 0.136. The number of amides is 1. The van der Waals surface area contributed by atoms with Crippen LogP contribution in [0, 0.1) is 5.82 Å². The predicted octanol–water partition coefficient (Wildman–Crippen LogP) is 5.72. The summed E-state index contributed by atoms with van der Waals surface area (Å²) in [6.45, 7) is -0.281. The summed E-state index contributed by atoms with van der Waals surface area (Å²) in [6.07, 6.45) is -3.78. The Morgan fingerprint density at radius 2 is 1.67 bits per heavy atom. The van der Waals surface area contributed by atoms with Crippen LogP contribution in [-0.2, 0) is 22.7 Å². The van der Waals surface area contributed by atoms with E-state index in [0.29, 0.717) is 6.07 Å². The summed E-state index contributed by atoms with van der Waals surface area (Å²) in [5.41, 5.74) is -1.29. The van der Waals surface area contributed by atoms with Gasteiger partial charge in [-0.1, -0.05) is 29.8 Å². The van der Waals surface area contributed by atoms with E-state index in [4.69, 9.17) is 11.6 Å². The second-order valence-corrected chi connectivity index (χ2v) is 9.39. The molecule has 1 N–H and O–H groups in total. The predicted molar refractivity (Wildman–Crippen MR) is 118 cm³/mol. The summed E-state index contributed by atoms with van der Waals surface area (Å²) in [5, 5.41) is 2.05. The number of alkyl halides is 3. The monoisotopic (exact) mass is 500 g/mol. The van der Waals surface area contributed by atoms with Gasteiger partial charge in [-0.2, -0.15) is 13.2 Å². The number of hydrogen-bond donors (Lipinski definition) is 1. The Hall–Kier alpha value is -3.11. The zero-order chi connectivity index (χ0) is 24.4. The highest BCUT2D eigenvalue weighted by Crippen LogP contribution is 2.36. The molecule has 33 heavy (non-hydrogen) atoms. The van der Waals surface area contributed by atoms with Crippen LogP contribution in [0.3, 0.4) is 0 Å². The van der Waals surface area contributed by atoms with Gasteiger partial charge in [0.15, 0.2) is 0 Å².